The number of rotatable bonds is 8. The molecule has 0 amide bonds. The SMILES string of the molecule is COCSc1nc(-c2ccccc2)cn1C(=O)c1ccc(F)c(-c2ccc(-c3cn(C(=O)c4ccc(C)cc4)c(=S)[nH]3)cc2)c1. The van der Waals surface area contributed by atoms with Crippen molar-refractivity contribution in [3.05, 3.63) is 137 Å². The minimum absolute atomic E-state index is 0.236. The molecule has 1 N–H and O–H groups in total. The van der Waals surface area contributed by atoms with Gasteiger partial charge in [0, 0.05) is 41.8 Å². The van der Waals surface area contributed by atoms with Crippen molar-refractivity contribution in [2.45, 2.75) is 12.1 Å². The molecule has 2 aromatic heterocycles. The number of nitrogens with zero attached hydrogens (tertiary/aromatic N) is 3. The van der Waals surface area contributed by atoms with Crippen LogP contribution in [0.4, 0.5) is 4.39 Å². The molecule has 224 valence electrons. The number of thioether (sulfide) groups is 1. The molecule has 0 saturated heterocycles. The third-order valence-corrected chi connectivity index (χ3v) is 8.42. The van der Waals surface area contributed by atoms with Gasteiger partial charge in [0.2, 0.25) is 0 Å². The van der Waals surface area contributed by atoms with E-state index >= 15 is 4.39 Å². The van der Waals surface area contributed by atoms with Crippen LogP contribution in [0.3, 0.4) is 0 Å². The fourth-order valence-corrected chi connectivity index (χ4v) is 5.75. The summed E-state index contributed by atoms with van der Waals surface area (Å²) in [7, 11) is 1.58. The van der Waals surface area contributed by atoms with Crippen molar-refractivity contribution >= 4 is 35.8 Å². The topological polar surface area (TPSA) is 81.9 Å². The van der Waals surface area contributed by atoms with Gasteiger partial charge in [0.1, 0.15) is 5.82 Å². The number of benzene rings is 4. The van der Waals surface area contributed by atoms with E-state index < -0.39 is 5.82 Å². The van der Waals surface area contributed by atoms with E-state index in [9.17, 15) is 9.59 Å². The first kappa shape index (κ1) is 30.1. The quantitative estimate of drug-likeness (QED) is 0.103. The van der Waals surface area contributed by atoms with E-state index in [1.807, 2.05) is 61.5 Å². The molecule has 0 aliphatic rings. The molecule has 10 heteroatoms. The molecule has 0 fully saturated rings. The van der Waals surface area contributed by atoms with Gasteiger partial charge in [-0.25, -0.2) is 9.37 Å². The minimum Gasteiger partial charge on any atom is -0.374 e. The van der Waals surface area contributed by atoms with Crippen LogP contribution in [0.15, 0.2) is 115 Å². The number of aromatic nitrogens is 4. The van der Waals surface area contributed by atoms with Gasteiger partial charge >= 0.3 is 0 Å². The summed E-state index contributed by atoms with van der Waals surface area (Å²) in [5.41, 5.74) is 5.69. The summed E-state index contributed by atoms with van der Waals surface area (Å²) in [6, 6.07) is 28.3. The second-order valence-electron chi connectivity index (χ2n) is 10.3. The van der Waals surface area contributed by atoms with Crippen LogP contribution in [0.2, 0.25) is 0 Å². The van der Waals surface area contributed by atoms with Crippen LogP contribution in [-0.4, -0.2) is 44.0 Å². The molecule has 0 radical (unpaired) electrons. The van der Waals surface area contributed by atoms with E-state index in [0.717, 1.165) is 16.7 Å². The third-order valence-electron chi connectivity index (χ3n) is 7.22. The molecular weight excluding hydrogens is 608 g/mol. The molecule has 0 aliphatic carbocycles. The van der Waals surface area contributed by atoms with Gasteiger partial charge in [-0.2, -0.15) is 0 Å². The van der Waals surface area contributed by atoms with Gasteiger partial charge < -0.3 is 9.72 Å². The number of carbonyl (C=O) groups is 2. The summed E-state index contributed by atoms with van der Waals surface area (Å²) in [5, 5.41) is 0.473. The van der Waals surface area contributed by atoms with E-state index in [1.165, 1.54) is 33.0 Å². The van der Waals surface area contributed by atoms with Gasteiger partial charge in [0.05, 0.1) is 17.3 Å². The minimum atomic E-state index is -0.460. The number of aromatic amines is 1. The number of hydrogen-bond acceptors (Lipinski definition) is 6. The van der Waals surface area contributed by atoms with Gasteiger partial charge in [0.25, 0.3) is 11.8 Å². The smallest absolute Gasteiger partial charge is 0.264 e. The first-order valence-corrected chi connectivity index (χ1v) is 15.4. The lowest BCUT2D eigenvalue weighted by Gasteiger charge is -2.09. The van der Waals surface area contributed by atoms with Crippen LogP contribution in [0.5, 0.6) is 0 Å². The molecule has 0 atom stereocenters. The fraction of sp³-hybridized carbons (Fsp3) is 0.0857. The zero-order valence-electron chi connectivity index (χ0n) is 24.4. The second kappa shape index (κ2) is 13.0. The number of ether oxygens (including phenoxy) is 1. The van der Waals surface area contributed by atoms with Gasteiger partial charge in [-0.05, 0) is 60.6 Å². The lowest BCUT2D eigenvalue weighted by atomic mass is 10.00. The van der Waals surface area contributed by atoms with Crippen molar-refractivity contribution in [1.82, 2.24) is 19.1 Å². The highest BCUT2D eigenvalue weighted by atomic mass is 32.2. The molecule has 7 nitrogen and oxygen atoms in total. The Labute approximate surface area is 268 Å². The Kier molecular flexibility index (Phi) is 8.70. The maximum absolute atomic E-state index is 15.1. The predicted molar refractivity (Wildman–Crippen MR) is 176 cm³/mol. The largest absolute Gasteiger partial charge is 0.374 e. The van der Waals surface area contributed by atoms with Gasteiger partial charge in [0.15, 0.2) is 9.93 Å². The highest BCUT2D eigenvalue weighted by Gasteiger charge is 2.19. The Morgan fingerprint density at radius 3 is 2.22 bits per heavy atom. The van der Waals surface area contributed by atoms with Gasteiger partial charge in [-0.3, -0.25) is 18.7 Å². The van der Waals surface area contributed by atoms with Crippen LogP contribution in [0.1, 0.15) is 26.3 Å². The first-order valence-electron chi connectivity index (χ1n) is 14.0. The maximum atomic E-state index is 15.1. The Balaban J connectivity index is 1.28. The van der Waals surface area contributed by atoms with Gasteiger partial charge in [-0.15, -0.1) is 0 Å². The molecule has 6 rings (SSSR count). The summed E-state index contributed by atoms with van der Waals surface area (Å²) in [6.07, 6.45) is 3.35. The van der Waals surface area contributed by atoms with Crippen LogP contribution >= 0.6 is 24.0 Å². The number of aryl methyl sites for hydroxylation is 1. The van der Waals surface area contributed by atoms with Crippen LogP contribution < -0.4 is 0 Å². The van der Waals surface area contributed by atoms with Crippen molar-refractivity contribution in [2.24, 2.45) is 0 Å². The maximum Gasteiger partial charge on any atom is 0.264 e. The molecule has 0 aliphatic heterocycles. The van der Waals surface area contributed by atoms with Crippen LogP contribution in [0.25, 0.3) is 33.6 Å². The van der Waals surface area contributed by atoms with E-state index in [2.05, 4.69) is 9.97 Å². The Hall–Kier alpha value is -4.90. The second-order valence-corrected chi connectivity index (χ2v) is 11.6. The average Bonchev–Trinajstić information content (AvgIpc) is 3.68. The zero-order valence-corrected chi connectivity index (χ0v) is 26.0. The van der Waals surface area contributed by atoms with Crippen LogP contribution in [0, 0.1) is 17.5 Å². The summed E-state index contributed by atoms with van der Waals surface area (Å²) in [6.45, 7) is 1.96. The first-order chi connectivity index (χ1) is 21.8. The average molecular weight is 635 g/mol. The van der Waals surface area contributed by atoms with Crippen molar-refractivity contribution in [3.63, 3.8) is 0 Å². The lowest BCUT2D eigenvalue weighted by molar-refractivity contribution is 0.0945. The molecule has 4 aromatic carbocycles. The molecule has 0 saturated carbocycles. The zero-order chi connectivity index (χ0) is 31.5. The van der Waals surface area contributed by atoms with Crippen molar-refractivity contribution in [3.8, 4) is 33.6 Å². The Morgan fingerprint density at radius 1 is 0.844 bits per heavy atom. The number of H-pyrrole nitrogens is 1. The molecule has 0 unspecified atom stereocenters. The molecule has 2 heterocycles. The molecule has 0 spiro atoms. The predicted octanol–water partition coefficient (Wildman–Crippen LogP) is 8.26. The van der Waals surface area contributed by atoms with Gasteiger partial charge in [-0.1, -0.05) is 84.1 Å². The molecule has 0 bridgehead atoms. The Bertz CT molecular complexity index is 2070. The summed E-state index contributed by atoms with van der Waals surface area (Å²) >= 11 is 6.72. The highest BCUT2D eigenvalue weighted by molar-refractivity contribution is 7.99. The summed E-state index contributed by atoms with van der Waals surface area (Å²) in [5.74, 6) is -0.723. The van der Waals surface area contributed by atoms with Crippen molar-refractivity contribution < 1.29 is 18.7 Å². The standard InChI is InChI=1S/C35H27FN4O3S2/c1-22-8-10-26(11-9-22)32(41)39-19-30(37-34(39)44)25-14-12-23(13-15-25)28-18-27(16-17-29(28)36)33(42)40-20-31(24-6-4-3-5-7-24)38-35(40)45-21-43-2/h3-20H,21H2,1-2H3,(H,37,44). The monoisotopic (exact) mass is 634 g/mol. The fourth-order valence-electron chi connectivity index (χ4n) is 4.85. The Morgan fingerprint density at radius 2 is 1.51 bits per heavy atom. The number of hydrogen-bond donors (Lipinski definition) is 1. The molecular formula is C35H27FN4O3S2. The van der Waals surface area contributed by atoms with E-state index in [0.29, 0.717) is 39.2 Å². The summed E-state index contributed by atoms with van der Waals surface area (Å²) in [4.78, 5) is 34.5. The highest BCUT2D eigenvalue weighted by Crippen LogP contribution is 2.30. The number of nitrogens with one attached hydrogen (secondary N) is 1. The number of carbonyl (C=O) groups excluding carboxylic acids is 2. The number of halogens is 1. The molecule has 6 aromatic rings. The molecule has 45 heavy (non-hydrogen) atoms. The summed E-state index contributed by atoms with van der Waals surface area (Å²) < 4.78 is 23.5. The van der Waals surface area contributed by atoms with E-state index in [-0.39, 0.29) is 22.1 Å². The number of imidazole rings is 2. The van der Waals surface area contributed by atoms with Crippen molar-refractivity contribution in [1.29, 1.82) is 0 Å². The normalized spacial score (nSPS) is 11.1. The van der Waals surface area contributed by atoms with E-state index in [4.69, 9.17) is 17.0 Å². The third kappa shape index (κ3) is 6.34. The number of methoxy groups -OCH3 is 1. The van der Waals surface area contributed by atoms with Crippen LogP contribution in [-0.2, 0) is 4.74 Å². The van der Waals surface area contributed by atoms with Crippen molar-refractivity contribution in [2.75, 3.05) is 13.0 Å². The van der Waals surface area contributed by atoms with E-state index in [1.54, 1.807) is 49.8 Å². The lowest BCUT2D eigenvalue weighted by Crippen LogP contribution is -2.13.